The van der Waals surface area contributed by atoms with Crippen LogP contribution < -0.4 is 10.2 Å². The highest BCUT2D eigenvalue weighted by Gasteiger charge is 2.18. The topological polar surface area (TPSA) is 105 Å². The molecule has 1 N–H and O–H groups in total. The monoisotopic (exact) mass is 434 g/mol. The SMILES string of the molecule is N#Cc1cc(F)c(-n2ncc3cnc(Nc4cc(N5CCOCC5)ncn4)cc32)c(F)c1. The summed E-state index contributed by atoms with van der Waals surface area (Å²) in [6, 6.07) is 7.10. The highest BCUT2D eigenvalue weighted by Crippen LogP contribution is 2.26. The molecule has 9 nitrogen and oxygen atoms in total. The van der Waals surface area contributed by atoms with E-state index in [1.807, 2.05) is 0 Å². The van der Waals surface area contributed by atoms with Crippen molar-refractivity contribution in [2.45, 2.75) is 0 Å². The number of ether oxygens (including phenoxy) is 1. The number of nitrogens with one attached hydrogen (secondary N) is 1. The van der Waals surface area contributed by atoms with E-state index in [0.717, 1.165) is 35.7 Å². The standard InChI is InChI=1S/C21H16F2N8O/c22-15-5-13(9-24)6-16(23)21(15)31-17-7-18(25-10-14(17)11-28-31)29-19-8-20(27-12-26-19)30-1-3-32-4-2-30/h5-8,10-12H,1-4H2,(H,25,26,27,29). The Morgan fingerprint density at radius 3 is 2.47 bits per heavy atom. The Kier molecular flexibility index (Phi) is 5.04. The minimum absolute atomic E-state index is 0.107. The van der Waals surface area contributed by atoms with Crippen LogP contribution >= 0.6 is 0 Å². The number of anilines is 3. The summed E-state index contributed by atoms with van der Waals surface area (Å²) in [4.78, 5) is 15.0. The minimum Gasteiger partial charge on any atom is -0.378 e. The lowest BCUT2D eigenvalue weighted by atomic mass is 10.2. The maximum absolute atomic E-state index is 14.5. The minimum atomic E-state index is -0.885. The van der Waals surface area contributed by atoms with E-state index in [1.54, 1.807) is 24.4 Å². The summed E-state index contributed by atoms with van der Waals surface area (Å²) in [5.74, 6) is -0.0678. The van der Waals surface area contributed by atoms with Crippen molar-refractivity contribution in [2.75, 3.05) is 36.5 Å². The van der Waals surface area contributed by atoms with Crippen LogP contribution in [-0.2, 0) is 4.74 Å². The van der Waals surface area contributed by atoms with Crippen LogP contribution in [0.2, 0.25) is 0 Å². The summed E-state index contributed by atoms with van der Waals surface area (Å²) in [7, 11) is 0. The molecule has 5 rings (SSSR count). The van der Waals surface area contributed by atoms with Crippen LogP contribution in [0, 0.1) is 23.0 Å². The molecular formula is C21H16F2N8O. The first-order valence-corrected chi connectivity index (χ1v) is 9.77. The Morgan fingerprint density at radius 2 is 1.72 bits per heavy atom. The highest BCUT2D eigenvalue weighted by atomic mass is 19.1. The number of pyridine rings is 1. The molecule has 1 saturated heterocycles. The van der Waals surface area contributed by atoms with Crippen molar-refractivity contribution in [3.63, 3.8) is 0 Å². The van der Waals surface area contributed by atoms with Crippen molar-refractivity contribution in [1.82, 2.24) is 24.7 Å². The molecular weight excluding hydrogens is 418 g/mol. The summed E-state index contributed by atoms with van der Waals surface area (Å²) in [6.07, 6.45) is 4.46. The van der Waals surface area contributed by atoms with Gasteiger partial charge in [0.25, 0.3) is 0 Å². The molecule has 160 valence electrons. The van der Waals surface area contributed by atoms with E-state index < -0.39 is 11.6 Å². The zero-order chi connectivity index (χ0) is 22.1. The molecule has 32 heavy (non-hydrogen) atoms. The average molecular weight is 434 g/mol. The lowest BCUT2D eigenvalue weighted by Gasteiger charge is -2.27. The van der Waals surface area contributed by atoms with Gasteiger partial charge in [0.1, 0.15) is 29.5 Å². The quantitative estimate of drug-likeness (QED) is 0.523. The summed E-state index contributed by atoms with van der Waals surface area (Å²) in [6.45, 7) is 2.75. The molecule has 1 aliphatic rings. The molecule has 0 radical (unpaired) electrons. The van der Waals surface area contributed by atoms with Crippen LogP contribution in [-0.4, -0.2) is 51.0 Å². The Balaban J connectivity index is 1.48. The van der Waals surface area contributed by atoms with Gasteiger partial charge in [0.15, 0.2) is 11.6 Å². The molecule has 4 heterocycles. The van der Waals surface area contributed by atoms with Crippen molar-refractivity contribution in [3.05, 3.63) is 60.2 Å². The van der Waals surface area contributed by atoms with E-state index >= 15 is 0 Å². The van der Waals surface area contributed by atoms with Crippen molar-refractivity contribution in [3.8, 4) is 11.8 Å². The molecule has 1 aliphatic heterocycles. The molecule has 0 aliphatic carbocycles. The van der Waals surface area contributed by atoms with E-state index in [2.05, 4.69) is 30.3 Å². The van der Waals surface area contributed by atoms with Gasteiger partial charge in [0, 0.05) is 36.8 Å². The van der Waals surface area contributed by atoms with Crippen molar-refractivity contribution in [2.24, 2.45) is 0 Å². The molecule has 1 aromatic carbocycles. The van der Waals surface area contributed by atoms with Gasteiger partial charge < -0.3 is 15.0 Å². The van der Waals surface area contributed by atoms with E-state index in [0.29, 0.717) is 35.8 Å². The number of hydrogen-bond acceptors (Lipinski definition) is 8. The molecule has 0 bridgehead atoms. The first kappa shape index (κ1) is 19.8. The van der Waals surface area contributed by atoms with Gasteiger partial charge in [-0.05, 0) is 12.1 Å². The maximum atomic E-state index is 14.5. The number of aromatic nitrogens is 5. The Morgan fingerprint density at radius 1 is 0.969 bits per heavy atom. The lowest BCUT2D eigenvalue weighted by molar-refractivity contribution is 0.122. The molecule has 3 aromatic heterocycles. The molecule has 0 saturated carbocycles. The lowest BCUT2D eigenvalue weighted by Crippen LogP contribution is -2.36. The van der Waals surface area contributed by atoms with Gasteiger partial charge in [-0.3, -0.25) is 0 Å². The largest absolute Gasteiger partial charge is 0.378 e. The molecule has 0 spiro atoms. The third-order valence-electron chi connectivity index (χ3n) is 5.05. The van der Waals surface area contributed by atoms with E-state index in [9.17, 15) is 8.78 Å². The first-order chi connectivity index (χ1) is 15.6. The fourth-order valence-corrected chi connectivity index (χ4v) is 3.51. The van der Waals surface area contributed by atoms with Crippen LogP contribution in [0.1, 0.15) is 5.56 Å². The van der Waals surface area contributed by atoms with Gasteiger partial charge >= 0.3 is 0 Å². The van der Waals surface area contributed by atoms with E-state index in [4.69, 9.17) is 10.00 Å². The van der Waals surface area contributed by atoms with Crippen molar-refractivity contribution in [1.29, 1.82) is 5.26 Å². The zero-order valence-corrected chi connectivity index (χ0v) is 16.7. The number of nitrogens with zero attached hydrogens (tertiary/aromatic N) is 7. The Labute approximate surface area is 180 Å². The number of morpholine rings is 1. The van der Waals surface area contributed by atoms with Gasteiger partial charge in [-0.15, -0.1) is 0 Å². The number of nitriles is 1. The van der Waals surface area contributed by atoms with Gasteiger partial charge in [-0.2, -0.15) is 10.4 Å². The fourth-order valence-electron chi connectivity index (χ4n) is 3.51. The second kappa shape index (κ2) is 8.16. The Bertz CT molecular complexity index is 1320. The van der Waals surface area contributed by atoms with Gasteiger partial charge in [0.05, 0.1) is 36.6 Å². The normalized spacial score (nSPS) is 13.8. The van der Waals surface area contributed by atoms with Gasteiger partial charge in [0.2, 0.25) is 0 Å². The third-order valence-corrected chi connectivity index (χ3v) is 5.05. The average Bonchev–Trinajstić information content (AvgIpc) is 3.22. The second-order valence-electron chi connectivity index (χ2n) is 7.07. The molecule has 0 unspecified atom stereocenters. The molecule has 0 atom stereocenters. The van der Waals surface area contributed by atoms with Crippen LogP contribution in [0.15, 0.2) is 43.0 Å². The van der Waals surface area contributed by atoms with Crippen LogP contribution in [0.25, 0.3) is 16.6 Å². The third kappa shape index (κ3) is 3.67. The predicted molar refractivity (Wildman–Crippen MR) is 112 cm³/mol. The fraction of sp³-hybridized carbons (Fsp3) is 0.190. The smallest absolute Gasteiger partial charge is 0.153 e. The van der Waals surface area contributed by atoms with E-state index in [-0.39, 0.29) is 11.3 Å². The maximum Gasteiger partial charge on any atom is 0.153 e. The summed E-state index contributed by atoms with van der Waals surface area (Å²) >= 11 is 0. The summed E-state index contributed by atoms with van der Waals surface area (Å²) in [5.41, 5.74) is -0.0377. The van der Waals surface area contributed by atoms with Crippen molar-refractivity contribution >= 4 is 28.4 Å². The van der Waals surface area contributed by atoms with Crippen LogP contribution in [0.4, 0.5) is 26.2 Å². The number of hydrogen-bond donors (Lipinski definition) is 1. The number of halogens is 2. The zero-order valence-electron chi connectivity index (χ0n) is 16.7. The van der Waals surface area contributed by atoms with Gasteiger partial charge in [-0.1, -0.05) is 0 Å². The van der Waals surface area contributed by atoms with Crippen LogP contribution in [0.3, 0.4) is 0 Å². The predicted octanol–water partition coefficient (Wildman–Crippen LogP) is 2.94. The number of fused-ring (bicyclic) bond motifs is 1. The second-order valence-corrected chi connectivity index (χ2v) is 7.07. The van der Waals surface area contributed by atoms with Crippen molar-refractivity contribution < 1.29 is 13.5 Å². The van der Waals surface area contributed by atoms with Crippen LogP contribution in [0.5, 0.6) is 0 Å². The molecule has 11 heteroatoms. The molecule has 4 aromatic rings. The first-order valence-electron chi connectivity index (χ1n) is 9.77. The van der Waals surface area contributed by atoms with E-state index in [1.165, 1.54) is 12.5 Å². The Hall–Kier alpha value is -4.17. The summed E-state index contributed by atoms with van der Waals surface area (Å²) in [5, 5.41) is 16.7. The highest BCUT2D eigenvalue weighted by molar-refractivity contribution is 5.82. The number of rotatable bonds is 4. The molecule has 0 amide bonds. The molecule has 1 fully saturated rings. The summed E-state index contributed by atoms with van der Waals surface area (Å²) < 4.78 is 35.6. The van der Waals surface area contributed by atoms with Gasteiger partial charge in [-0.25, -0.2) is 28.4 Å². The number of benzene rings is 1.